The van der Waals surface area contributed by atoms with Crippen molar-refractivity contribution in [3.8, 4) is 22.8 Å². The van der Waals surface area contributed by atoms with Crippen molar-refractivity contribution in [1.82, 2.24) is 10.3 Å². The Hall–Kier alpha value is -3.55. The number of nitrogens with one attached hydrogen (secondary N) is 1. The molecular formula is C26H20ClN3O3S. The minimum Gasteiger partial charge on any atom is -0.459 e. The number of pyridine rings is 1. The van der Waals surface area contributed by atoms with Crippen LogP contribution in [-0.4, -0.2) is 16.9 Å². The van der Waals surface area contributed by atoms with Crippen LogP contribution in [0.25, 0.3) is 11.3 Å². The normalized spacial score (nSPS) is 18.9. The number of anilines is 1. The topological polar surface area (TPSA) is 59.8 Å². The van der Waals surface area contributed by atoms with E-state index in [1.807, 2.05) is 78.6 Å². The number of fused-ring (bicyclic) bond motifs is 1. The molecule has 4 heterocycles. The molecule has 8 heteroatoms. The van der Waals surface area contributed by atoms with Crippen LogP contribution in [0.4, 0.5) is 5.69 Å². The van der Waals surface area contributed by atoms with Crippen LogP contribution in [0, 0.1) is 6.92 Å². The van der Waals surface area contributed by atoms with Gasteiger partial charge in [0.2, 0.25) is 6.79 Å². The minimum absolute atomic E-state index is 0.209. The van der Waals surface area contributed by atoms with E-state index < -0.39 is 0 Å². The van der Waals surface area contributed by atoms with Gasteiger partial charge in [-0.25, -0.2) is 0 Å². The van der Waals surface area contributed by atoms with Gasteiger partial charge in [0, 0.05) is 28.5 Å². The lowest BCUT2D eigenvalue weighted by Gasteiger charge is -2.26. The summed E-state index contributed by atoms with van der Waals surface area (Å²) in [6.45, 7) is 2.19. The Morgan fingerprint density at radius 1 is 1.03 bits per heavy atom. The van der Waals surface area contributed by atoms with Crippen LogP contribution < -0.4 is 19.7 Å². The fourth-order valence-corrected chi connectivity index (χ4v) is 4.90. The summed E-state index contributed by atoms with van der Waals surface area (Å²) in [5.41, 5.74) is 3.68. The summed E-state index contributed by atoms with van der Waals surface area (Å²) in [6, 6.07) is 21.0. The standard InChI is InChI=1S/C26H20ClN3O3S/c1-15-5-6-16(12-18(15)27)20-9-10-22(33-20)25-24(19-4-2-3-11-28-19)29-26(34)30(25)17-7-8-21-23(13-17)32-14-31-21/h2-13,24-25H,14H2,1H3,(H,29,34)/t24-,25+/m1/s1. The maximum atomic E-state index is 6.41. The Morgan fingerprint density at radius 3 is 2.74 bits per heavy atom. The number of ether oxygens (including phenoxy) is 2. The Bertz CT molecular complexity index is 1390. The van der Waals surface area contributed by atoms with Gasteiger partial charge in [0.05, 0.1) is 11.7 Å². The molecule has 0 unspecified atom stereocenters. The average Bonchev–Trinajstić information content (AvgIpc) is 3.59. The third kappa shape index (κ3) is 3.57. The van der Waals surface area contributed by atoms with E-state index in [0.29, 0.717) is 15.9 Å². The Kier molecular flexibility index (Phi) is 5.16. The molecule has 0 bridgehead atoms. The fourth-order valence-electron chi connectivity index (χ4n) is 4.37. The molecule has 0 saturated carbocycles. The van der Waals surface area contributed by atoms with E-state index in [4.69, 9.17) is 37.7 Å². The van der Waals surface area contributed by atoms with Gasteiger partial charge in [-0.1, -0.05) is 29.8 Å². The van der Waals surface area contributed by atoms with E-state index in [1.54, 1.807) is 6.20 Å². The molecule has 2 atom stereocenters. The van der Waals surface area contributed by atoms with Crippen LogP contribution in [0.3, 0.4) is 0 Å². The second-order valence-electron chi connectivity index (χ2n) is 8.20. The molecule has 6 nitrogen and oxygen atoms in total. The maximum absolute atomic E-state index is 6.41. The quantitative estimate of drug-likeness (QED) is 0.342. The van der Waals surface area contributed by atoms with E-state index in [-0.39, 0.29) is 18.9 Å². The Morgan fingerprint density at radius 2 is 1.91 bits per heavy atom. The number of thiocarbonyl (C=S) groups is 1. The van der Waals surface area contributed by atoms with Crippen molar-refractivity contribution in [2.24, 2.45) is 0 Å². The Balaban J connectivity index is 1.44. The number of halogens is 1. The highest BCUT2D eigenvalue weighted by Crippen LogP contribution is 2.45. The molecule has 170 valence electrons. The zero-order valence-electron chi connectivity index (χ0n) is 18.2. The van der Waals surface area contributed by atoms with Crippen molar-refractivity contribution >= 4 is 34.6 Å². The largest absolute Gasteiger partial charge is 0.459 e. The van der Waals surface area contributed by atoms with Crippen molar-refractivity contribution in [2.75, 3.05) is 11.7 Å². The lowest BCUT2D eigenvalue weighted by molar-refractivity contribution is 0.174. The molecule has 0 aliphatic carbocycles. The molecule has 0 spiro atoms. The van der Waals surface area contributed by atoms with E-state index in [2.05, 4.69) is 10.3 Å². The van der Waals surface area contributed by atoms with Gasteiger partial charge in [-0.05, 0) is 67.2 Å². The molecule has 2 aromatic carbocycles. The summed E-state index contributed by atoms with van der Waals surface area (Å²) in [6.07, 6.45) is 1.78. The van der Waals surface area contributed by atoms with Gasteiger partial charge < -0.3 is 24.1 Å². The van der Waals surface area contributed by atoms with Crippen molar-refractivity contribution in [3.63, 3.8) is 0 Å². The van der Waals surface area contributed by atoms with E-state index in [9.17, 15) is 0 Å². The second kappa shape index (κ2) is 8.34. The lowest BCUT2D eigenvalue weighted by Crippen LogP contribution is -2.29. The molecule has 1 fully saturated rings. The molecule has 2 aliphatic rings. The van der Waals surface area contributed by atoms with Crippen molar-refractivity contribution < 1.29 is 13.9 Å². The van der Waals surface area contributed by atoms with Gasteiger partial charge in [-0.3, -0.25) is 4.98 Å². The number of nitrogens with zero attached hydrogens (tertiary/aromatic N) is 2. The van der Waals surface area contributed by atoms with Crippen LogP contribution >= 0.6 is 23.8 Å². The molecule has 1 N–H and O–H groups in total. The smallest absolute Gasteiger partial charge is 0.231 e. The maximum Gasteiger partial charge on any atom is 0.231 e. The molecule has 1 saturated heterocycles. The highest BCUT2D eigenvalue weighted by Gasteiger charge is 2.43. The van der Waals surface area contributed by atoms with Gasteiger partial charge in [0.1, 0.15) is 17.6 Å². The Labute approximate surface area is 207 Å². The van der Waals surface area contributed by atoms with Crippen molar-refractivity contribution in [2.45, 2.75) is 19.0 Å². The first-order chi connectivity index (χ1) is 16.6. The average molecular weight is 490 g/mol. The van der Waals surface area contributed by atoms with Crippen LogP contribution in [-0.2, 0) is 0 Å². The van der Waals surface area contributed by atoms with Crippen LogP contribution in [0.15, 0.2) is 77.3 Å². The first-order valence-corrected chi connectivity index (χ1v) is 11.6. The number of hydrogen-bond donors (Lipinski definition) is 1. The summed E-state index contributed by atoms with van der Waals surface area (Å²) in [5, 5.41) is 4.72. The highest BCUT2D eigenvalue weighted by atomic mass is 35.5. The van der Waals surface area contributed by atoms with Crippen molar-refractivity contribution in [3.05, 3.63) is 95.0 Å². The predicted octanol–water partition coefficient (Wildman–Crippen LogP) is 6.21. The third-order valence-electron chi connectivity index (χ3n) is 6.11. The minimum atomic E-state index is -0.266. The highest BCUT2D eigenvalue weighted by molar-refractivity contribution is 7.80. The van der Waals surface area contributed by atoms with Gasteiger partial charge >= 0.3 is 0 Å². The molecule has 6 rings (SSSR count). The predicted molar refractivity (Wildman–Crippen MR) is 134 cm³/mol. The summed E-state index contributed by atoms with van der Waals surface area (Å²) in [5.74, 6) is 2.90. The van der Waals surface area contributed by atoms with Gasteiger partial charge in [0.15, 0.2) is 16.6 Å². The fraction of sp³-hybridized carbons (Fsp3) is 0.154. The van der Waals surface area contributed by atoms with Gasteiger partial charge in [0.25, 0.3) is 0 Å². The third-order valence-corrected chi connectivity index (χ3v) is 6.83. The van der Waals surface area contributed by atoms with Crippen LogP contribution in [0.2, 0.25) is 5.02 Å². The van der Waals surface area contributed by atoms with Crippen LogP contribution in [0.1, 0.15) is 29.1 Å². The number of aryl methyl sites for hydroxylation is 1. The zero-order chi connectivity index (χ0) is 23.2. The van der Waals surface area contributed by atoms with Crippen LogP contribution in [0.5, 0.6) is 11.5 Å². The number of rotatable bonds is 4. The first kappa shape index (κ1) is 21.0. The summed E-state index contributed by atoms with van der Waals surface area (Å²) >= 11 is 12.2. The molecule has 0 radical (unpaired) electrons. The molecule has 2 aliphatic heterocycles. The number of hydrogen-bond acceptors (Lipinski definition) is 5. The summed E-state index contributed by atoms with van der Waals surface area (Å²) < 4.78 is 17.5. The second-order valence-corrected chi connectivity index (χ2v) is 8.99. The molecule has 0 amide bonds. The van der Waals surface area contributed by atoms with E-state index >= 15 is 0 Å². The monoisotopic (exact) mass is 489 g/mol. The molecular weight excluding hydrogens is 470 g/mol. The SMILES string of the molecule is Cc1ccc(-c2ccc([C@H]3[C@@H](c4ccccn4)NC(=S)N3c3ccc4c(c3)OCO4)o2)cc1Cl. The first-order valence-electron chi connectivity index (χ1n) is 10.8. The number of benzene rings is 2. The van der Waals surface area contributed by atoms with Gasteiger partial charge in [-0.2, -0.15) is 0 Å². The number of furan rings is 1. The molecule has 4 aromatic rings. The molecule has 2 aromatic heterocycles. The van der Waals surface area contributed by atoms with E-state index in [1.165, 1.54) is 0 Å². The van der Waals surface area contributed by atoms with Gasteiger partial charge in [-0.15, -0.1) is 0 Å². The number of aromatic nitrogens is 1. The zero-order valence-corrected chi connectivity index (χ0v) is 19.8. The van der Waals surface area contributed by atoms with Crippen molar-refractivity contribution in [1.29, 1.82) is 0 Å². The summed E-state index contributed by atoms with van der Waals surface area (Å²) in [7, 11) is 0. The molecule has 34 heavy (non-hydrogen) atoms. The summed E-state index contributed by atoms with van der Waals surface area (Å²) in [4.78, 5) is 6.63. The lowest BCUT2D eigenvalue weighted by atomic mass is 10.0. The van der Waals surface area contributed by atoms with E-state index in [0.717, 1.165) is 39.8 Å².